The van der Waals surface area contributed by atoms with Gasteiger partial charge in [0.15, 0.2) is 0 Å². The minimum atomic E-state index is -0.416. The zero-order chi connectivity index (χ0) is 13.3. The third-order valence-corrected chi connectivity index (χ3v) is 3.87. The van der Waals surface area contributed by atoms with Gasteiger partial charge >= 0.3 is 0 Å². The summed E-state index contributed by atoms with van der Waals surface area (Å²) in [5.41, 5.74) is 7.14. The Balaban J connectivity index is 2.93. The summed E-state index contributed by atoms with van der Waals surface area (Å²) >= 11 is 6.03. The summed E-state index contributed by atoms with van der Waals surface area (Å²) in [6, 6.07) is 5.66. The van der Waals surface area contributed by atoms with Crippen LogP contribution in [0.15, 0.2) is 18.2 Å². The van der Waals surface area contributed by atoms with Gasteiger partial charge in [0.05, 0.1) is 16.3 Å². The molecule has 2 nitrogen and oxygen atoms in total. The van der Waals surface area contributed by atoms with Gasteiger partial charge in [-0.1, -0.05) is 44.5 Å². The molecule has 0 atom stereocenters. The Hall–Kier alpha value is -0.513. The average molecular weight is 270 g/mol. The van der Waals surface area contributed by atoms with E-state index in [-0.39, 0.29) is 5.04 Å². The van der Waals surface area contributed by atoms with Gasteiger partial charge in [0, 0.05) is 5.56 Å². The second kappa shape index (κ2) is 5.00. The van der Waals surface area contributed by atoms with Crippen molar-refractivity contribution in [3.8, 4) is 0 Å². The Morgan fingerprint density at radius 3 is 2.29 bits per heavy atom. The van der Waals surface area contributed by atoms with Gasteiger partial charge < -0.3 is 10.2 Å². The lowest BCUT2D eigenvalue weighted by atomic mass is 9.97. The van der Waals surface area contributed by atoms with E-state index in [1.165, 1.54) is 0 Å². The van der Waals surface area contributed by atoms with Crippen molar-refractivity contribution in [2.75, 3.05) is 5.73 Å². The number of hydrogen-bond acceptors (Lipinski definition) is 2. The standard InChI is InChI=1S/C13H20ClNOSi/c1-12(2,3)17-16-13(4,5)9-7-6-8-10(14)11(9)15/h6-8H,15H2,1-5H3. The molecule has 0 aliphatic rings. The van der Waals surface area contributed by atoms with Crippen molar-refractivity contribution in [1.29, 1.82) is 0 Å². The maximum Gasteiger partial charge on any atom is 0.236 e. The average Bonchev–Trinajstić information content (AvgIpc) is 2.18. The van der Waals surface area contributed by atoms with Crippen molar-refractivity contribution < 1.29 is 4.43 Å². The van der Waals surface area contributed by atoms with E-state index < -0.39 is 5.60 Å². The van der Waals surface area contributed by atoms with Crippen molar-refractivity contribution in [3.05, 3.63) is 28.8 Å². The molecule has 94 valence electrons. The number of rotatable bonds is 3. The summed E-state index contributed by atoms with van der Waals surface area (Å²) in [5, 5.41) is 0.739. The van der Waals surface area contributed by atoms with E-state index in [1.54, 1.807) is 6.07 Å². The van der Waals surface area contributed by atoms with E-state index in [1.807, 2.05) is 26.0 Å². The molecule has 2 N–H and O–H groups in total. The topological polar surface area (TPSA) is 35.2 Å². The molecule has 0 bridgehead atoms. The summed E-state index contributed by atoms with van der Waals surface area (Å²) in [4.78, 5) is 0. The van der Waals surface area contributed by atoms with E-state index in [2.05, 4.69) is 20.8 Å². The first kappa shape index (κ1) is 14.5. The molecule has 1 aromatic rings. The van der Waals surface area contributed by atoms with Crippen LogP contribution in [0.2, 0.25) is 10.1 Å². The van der Waals surface area contributed by atoms with E-state index in [0.29, 0.717) is 20.5 Å². The van der Waals surface area contributed by atoms with Crippen LogP contribution in [0.1, 0.15) is 40.2 Å². The summed E-state index contributed by atoms with van der Waals surface area (Å²) in [6.07, 6.45) is 0. The van der Waals surface area contributed by atoms with Crippen LogP contribution in [0.5, 0.6) is 0 Å². The highest BCUT2D eigenvalue weighted by Crippen LogP contribution is 2.35. The van der Waals surface area contributed by atoms with Crippen molar-refractivity contribution in [1.82, 2.24) is 0 Å². The lowest BCUT2D eigenvalue weighted by molar-refractivity contribution is 0.110. The maximum atomic E-state index is 6.03. The first-order valence-corrected chi connectivity index (χ1v) is 6.92. The smallest absolute Gasteiger partial charge is 0.236 e. The Bertz CT molecular complexity index is 399. The Kier molecular flexibility index (Phi) is 4.28. The van der Waals surface area contributed by atoms with Gasteiger partial charge in [0.25, 0.3) is 0 Å². The first-order chi connectivity index (χ1) is 7.63. The molecule has 1 aromatic carbocycles. The van der Waals surface area contributed by atoms with Crippen LogP contribution < -0.4 is 5.73 Å². The van der Waals surface area contributed by atoms with Crippen molar-refractivity contribution >= 4 is 27.1 Å². The minimum Gasteiger partial charge on any atom is -0.408 e. The fourth-order valence-electron chi connectivity index (χ4n) is 1.40. The number of para-hydroxylation sites is 1. The minimum absolute atomic E-state index is 0.157. The Morgan fingerprint density at radius 1 is 1.18 bits per heavy atom. The highest BCUT2D eigenvalue weighted by Gasteiger charge is 2.27. The summed E-state index contributed by atoms with van der Waals surface area (Å²) in [6.45, 7) is 10.5. The van der Waals surface area contributed by atoms with Gasteiger partial charge in [-0.3, -0.25) is 0 Å². The fraction of sp³-hybridized carbons (Fsp3) is 0.538. The molecule has 4 heteroatoms. The molecular weight excluding hydrogens is 250 g/mol. The monoisotopic (exact) mass is 269 g/mol. The number of nitrogen functional groups attached to an aromatic ring is 1. The van der Waals surface area contributed by atoms with Gasteiger partial charge in [-0.2, -0.15) is 0 Å². The molecule has 0 saturated carbocycles. The lowest BCUT2D eigenvalue weighted by Crippen LogP contribution is -2.28. The molecule has 0 saturated heterocycles. The zero-order valence-electron chi connectivity index (χ0n) is 11.1. The van der Waals surface area contributed by atoms with Crippen LogP contribution in [0.3, 0.4) is 0 Å². The van der Waals surface area contributed by atoms with Crippen molar-refractivity contribution in [2.45, 2.75) is 45.3 Å². The van der Waals surface area contributed by atoms with Gasteiger partial charge in [-0.05, 0) is 25.0 Å². The molecule has 0 aliphatic carbocycles. The molecular formula is C13H20ClNOSi. The van der Waals surface area contributed by atoms with E-state index >= 15 is 0 Å². The predicted molar refractivity (Wildman–Crippen MR) is 75.4 cm³/mol. The zero-order valence-corrected chi connectivity index (χ0v) is 12.9. The molecule has 1 rings (SSSR count). The van der Waals surface area contributed by atoms with Crippen LogP contribution >= 0.6 is 11.6 Å². The number of nitrogens with two attached hydrogens (primary N) is 1. The van der Waals surface area contributed by atoms with E-state index in [0.717, 1.165) is 5.56 Å². The van der Waals surface area contributed by atoms with Crippen LogP contribution in [-0.2, 0) is 10.0 Å². The third-order valence-electron chi connectivity index (χ3n) is 2.31. The third kappa shape index (κ3) is 4.02. The molecule has 0 unspecified atom stereocenters. The van der Waals surface area contributed by atoms with Crippen LogP contribution in [-0.4, -0.2) is 9.76 Å². The summed E-state index contributed by atoms with van der Waals surface area (Å²) < 4.78 is 6.00. The van der Waals surface area contributed by atoms with E-state index in [9.17, 15) is 0 Å². The van der Waals surface area contributed by atoms with Crippen LogP contribution in [0, 0.1) is 0 Å². The highest BCUT2D eigenvalue weighted by atomic mass is 35.5. The number of anilines is 1. The van der Waals surface area contributed by atoms with Crippen molar-refractivity contribution in [3.63, 3.8) is 0 Å². The van der Waals surface area contributed by atoms with Gasteiger partial charge in [0.2, 0.25) is 9.76 Å². The Morgan fingerprint density at radius 2 is 1.76 bits per heavy atom. The number of hydrogen-bond donors (Lipinski definition) is 1. The highest BCUT2D eigenvalue weighted by molar-refractivity contribution is 6.33. The molecule has 0 amide bonds. The summed E-state index contributed by atoms with van der Waals surface area (Å²) in [5.74, 6) is 0. The SMILES string of the molecule is CC(C)(C)[Si]OC(C)(C)c1cccc(Cl)c1N. The van der Waals surface area contributed by atoms with E-state index in [4.69, 9.17) is 21.8 Å². The van der Waals surface area contributed by atoms with Crippen LogP contribution in [0.4, 0.5) is 5.69 Å². The van der Waals surface area contributed by atoms with Gasteiger partial charge in [-0.15, -0.1) is 0 Å². The molecule has 17 heavy (non-hydrogen) atoms. The Labute approximate surface area is 111 Å². The predicted octanol–water partition coefficient (Wildman–Crippen LogP) is 4.01. The molecule has 0 heterocycles. The van der Waals surface area contributed by atoms with Crippen molar-refractivity contribution in [2.24, 2.45) is 0 Å². The van der Waals surface area contributed by atoms with Gasteiger partial charge in [0.1, 0.15) is 0 Å². The summed E-state index contributed by atoms with van der Waals surface area (Å²) in [7, 11) is 0.413. The molecule has 0 aromatic heterocycles. The quantitative estimate of drug-likeness (QED) is 0.665. The second-order valence-electron chi connectivity index (χ2n) is 5.67. The number of benzene rings is 1. The molecule has 2 radical (unpaired) electrons. The normalized spacial score (nSPS) is 12.8. The second-order valence-corrected chi connectivity index (χ2v) is 7.98. The fourth-order valence-corrected chi connectivity index (χ4v) is 2.24. The van der Waals surface area contributed by atoms with Crippen LogP contribution in [0.25, 0.3) is 0 Å². The lowest BCUT2D eigenvalue weighted by Gasteiger charge is -2.30. The molecule has 0 aliphatic heterocycles. The van der Waals surface area contributed by atoms with Gasteiger partial charge in [-0.25, -0.2) is 0 Å². The molecule has 0 fully saturated rings. The first-order valence-electron chi connectivity index (χ1n) is 5.63. The molecule has 0 spiro atoms. The largest absolute Gasteiger partial charge is 0.408 e. The number of halogens is 1. The maximum absolute atomic E-state index is 6.03.